The zero-order valence-electron chi connectivity index (χ0n) is 11.8. The molecule has 0 unspecified atom stereocenters. The van der Waals surface area contributed by atoms with E-state index in [1.165, 1.54) is 12.1 Å². The highest BCUT2D eigenvalue weighted by Crippen LogP contribution is 2.29. The number of hydrogen-bond acceptors (Lipinski definition) is 3. The van der Waals surface area contributed by atoms with Crippen LogP contribution in [-0.4, -0.2) is 24.3 Å². The normalized spacial score (nSPS) is 10.5. The van der Waals surface area contributed by atoms with Crippen LogP contribution in [0.2, 0.25) is 0 Å². The van der Waals surface area contributed by atoms with Crippen molar-refractivity contribution in [1.82, 2.24) is 0 Å². The highest BCUT2D eigenvalue weighted by Gasteiger charge is 2.11. The lowest BCUT2D eigenvalue weighted by Crippen LogP contribution is -2.08. The number of unbranched alkanes of at least 4 members (excludes halogenated alkanes) is 1. The van der Waals surface area contributed by atoms with Crippen molar-refractivity contribution in [2.75, 3.05) is 13.2 Å². The van der Waals surface area contributed by atoms with E-state index in [0.717, 1.165) is 12.8 Å². The van der Waals surface area contributed by atoms with Crippen LogP contribution in [0, 0.1) is 5.92 Å². The second-order valence-electron chi connectivity index (χ2n) is 4.87. The first-order valence-electron chi connectivity index (χ1n) is 6.67. The lowest BCUT2D eigenvalue weighted by Gasteiger charge is -2.14. The minimum Gasteiger partial charge on any atom is -0.490 e. The van der Waals surface area contributed by atoms with Crippen molar-refractivity contribution in [1.29, 1.82) is 0 Å². The van der Waals surface area contributed by atoms with E-state index < -0.39 is 5.97 Å². The molecule has 4 nitrogen and oxygen atoms in total. The number of rotatable bonds is 8. The van der Waals surface area contributed by atoms with Crippen LogP contribution in [0.1, 0.15) is 44.0 Å². The number of ether oxygens (including phenoxy) is 2. The molecule has 1 N–H and O–H groups in total. The van der Waals surface area contributed by atoms with Gasteiger partial charge < -0.3 is 14.6 Å². The summed E-state index contributed by atoms with van der Waals surface area (Å²) in [5, 5.41) is 9.00. The van der Waals surface area contributed by atoms with E-state index in [4.69, 9.17) is 14.6 Å². The maximum atomic E-state index is 11.0. The van der Waals surface area contributed by atoms with Gasteiger partial charge in [0.1, 0.15) is 0 Å². The lowest BCUT2D eigenvalue weighted by molar-refractivity contribution is 0.0696. The molecule has 0 aliphatic carbocycles. The molecular weight excluding hydrogens is 244 g/mol. The fourth-order valence-electron chi connectivity index (χ4n) is 1.46. The summed E-state index contributed by atoms with van der Waals surface area (Å²) in [6.45, 7) is 7.32. The van der Waals surface area contributed by atoms with Crippen LogP contribution < -0.4 is 9.47 Å². The van der Waals surface area contributed by atoms with Crippen LogP contribution in [0.15, 0.2) is 18.2 Å². The van der Waals surface area contributed by atoms with Crippen LogP contribution in [0.25, 0.3) is 0 Å². The first-order chi connectivity index (χ1) is 9.04. The van der Waals surface area contributed by atoms with Crippen molar-refractivity contribution in [3.05, 3.63) is 23.8 Å². The van der Waals surface area contributed by atoms with E-state index in [1.807, 2.05) is 13.8 Å². The molecule has 106 valence electrons. The molecule has 0 atom stereocenters. The van der Waals surface area contributed by atoms with Gasteiger partial charge in [-0.05, 0) is 30.5 Å². The van der Waals surface area contributed by atoms with Crippen molar-refractivity contribution in [3.63, 3.8) is 0 Å². The molecule has 4 heteroatoms. The van der Waals surface area contributed by atoms with Gasteiger partial charge in [0.25, 0.3) is 0 Å². The molecular formula is C15H22O4. The second kappa shape index (κ2) is 7.67. The summed E-state index contributed by atoms with van der Waals surface area (Å²) in [4.78, 5) is 11.0. The van der Waals surface area contributed by atoms with E-state index in [2.05, 4.69) is 6.92 Å². The number of aromatic carboxylic acids is 1. The summed E-state index contributed by atoms with van der Waals surface area (Å²) in [6.07, 6.45) is 2.01. The van der Waals surface area contributed by atoms with Gasteiger partial charge in [-0.2, -0.15) is 0 Å². The molecule has 1 aromatic rings. The third-order valence-corrected chi connectivity index (χ3v) is 2.52. The summed E-state index contributed by atoms with van der Waals surface area (Å²) in [5.41, 5.74) is 0.210. The van der Waals surface area contributed by atoms with Crippen molar-refractivity contribution in [2.24, 2.45) is 5.92 Å². The topological polar surface area (TPSA) is 55.8 Å². The average molecular weight is 266 g/mol. The summed E-state index contributed by atoms with van der Waals surface area (Å²) < 4.78 is 11.3. The van der Waals surface area contributed by atoms with Gasteiger partial charge in [-0.1, -0.05) is 27.2 Å². The van der Waals surface area contributed by atoms with Crippen LogP contribution in [0.3, 0.4) is 0 Å². The summed E-state index contributed by atoms with van der Waals surface area (Å²) in [7, 11) is 0. The number of carboxylic acids is 1. The predicted molar refractivity (Wildman–Crippen MR) is 74.1 cm³/mol. The van der Waals surface area contributed by atoms with Crippen molar-refractivity contribution in [2.45, 2.75) is 33.6 Å². The zero-order valence-corrected chi connectivity index (χ0v) is 11.8. The number of benzene rings is 1. The highest BCUT2D eigenvalue weighted by molar-refractivity contribution is 5.88. The Bertz CT molecular complexity index is 413. The van der Waals surface area contributed by atoms with E-state index in [1.54, 1.807) is 6.07 Å². The van der Waals surface area contributed by atoms with E-state index >= 15 is 0 Å². The van der Waals surface area contributed by atoms with Crippen LogP contribution in [-0.2, 0) is 0 Å². The Labute approximate surface area is 114 Å². The first-order valence-corrected chi connectivity index (χ1v) is 6.67. The molecule has 0 saturated carbocycles. The number of carboxylic acid groups (broad SMARTS) is 1. The lowest BCUT2D eigenvalue weighted by atomic mass is 10.2. The minimum atomic E-state index is -0.963. The molecule has 1 aromatic carbocycles. The third kappa shape index (κ3) is 5.20. The quantitative estimate of drug-likeness (QED) is 0.730. The SMILES string of the molecule is CCCCOc1ccc(C(=O)O)cc1OCC(C)C. The average Bonchev–Trinajstić information content (AvgIpc) is 2.37. The maximum Gasteiger partial charge on any atom is 0.335 e. The van der Waals surface area contributed by atoms with Gasteiger partial charge in [-0.25, -0.2) is 4.79 Å². The molecule has 0 heterocycles. The maximum absolute atomic E-state index is 11.0. The largest absolute Gasteiger partial charge is 0.490 e. The Morgan fingerprint density at radius 3 is 2.58 bits per heavy atom. The molecule has 0 aliphatic heterocycles. The van der Waals surface area contributed by atoms with Crippen molar-refractivity contribution >= 4 is 5.97 Å². The van der Waals surface area contributed by atoms with Crippen LogP contribution >= 0.6 is 0 Å². The Morgan fingerprint density at radius 1 is 1.26 bits per heavy atom. The Morgan fingerprint density at radius 2 is 2.00 bits per heavy atom. The monoisotopic (exact) mass is 266 g/mol. The smallest absolute Gasteiger partial charge is 0.335 e. The molecule has 0 saturated heterocycles. The number of carbonyl (C=O) groups is 1. The molecule has 0 bridgehead atoms. The molecule has 0 fully saturated rings. The first kappa shape index (κ1) is 15.3. The third-order valence-electron chi connectivity index (χ3n) is 2.52. The standard InChI is InChI=1S/C15H22O4/c1-4-5-8-18-13-7-6-12(15(16)17)9-14(13)19-10-11(2)3/h6-7,9,11H,4-5,8,10H2,1-3H3,(H,16,17). The van der Waals surface area contributed by atoms with Crippen LogP contribution in [0.5, 0.6) is 11.5 Å². The molecule has 0 radical (unpaired) electrons. The fraction of sp³-hybridized carbons (Fsp3) is 0.533. The van der Waals surface area contributed by atoms with E-state index in [-0.39, 0.29) is 5.56 Å². The molecule has 19 heavy (non-hydrogen) atoms. The van der Waals surface area contributed by atoms with Gasteiger partial charge >= 0.3 is 5.97 Å². The van der Waals surface area contributed by atoms with E-state index in [0.29, 0.717) is 30.6 Å². The second-order valence-corrected chi connectivity index (χ2v) is 4.87. The van der Waals surface area contributed by atoms with Crippen molar-refractivity contribution in [3.8, 4) is 11.5 Å². The molecule has 0 aliphatic rings. The zero-order chi connectivity index (χ0) is 14.3. The highest BCUT2D eigenvalue weighted by atomic mass is 16.5. The van der Waals surface area contributed by atoms with E-state index in [9.17, 15) is 4.79 Å². The van der Waals surface area contributed by atoms with Crippen molar-refractivity contribution < 1.29 is 19.4 Å². The van der Waals surface area contributed by atoms with Gasteiger partial charge in [0, 0.05) is 0 Å². The summed E-state index contributed by atoms with van der Waals surface area (Å²) in [5.74, 6) is 0.523. The van der Waals surface area contributed by atoms with Crippen LogP contribution in [0.4, 0.5) is 0 Å². The molecule has 1 rings (SSSR count). The minimum absolute atomic E-state index is 0.210. The van der Waals surface area contributed by atoms with Gasteiger partial charge in [0.15, 0.2) is 11.5 Å². The Balaban J connectivity index is 2.84. The summed E-state index contributed by atoms with van der Waals surface area (Å²) in [6, 6.07) is 4.71. The van der Waals surface area contributed by atoms with Gasteiger partial charge in [-0.15, -0.1) is 0 Å². The predicted octanol–water partition coefficient (Wildman–Crippen LogP) is 3.60. The fourth-order valence-corrected chi connectivity index (χ4v) is 1.46. The Hall–Kier alpha value is -1.71. The molecule has 0 aromatic heterocycles. The van der Waals surface area contributed by atoms with Gasteiger partial charge in [0.05, 0.1) is 18.8 Å². The van der Waals surface area contributed by atoms with Gasteiger partial charge in [0.2, 0.25) is 0 Å². The summed E-state index contributed by atoms with van der Waals surface area (Å²) >= 11 is 0. The number of hydrogen-bond donors (Lipinski definition) is 1. The molecule has 0 spiro atoms. The molecule has 0 amide bonds. The Kier molecular flexibility index (Phi) is 6.19. The van der Waals surface area contributed by atoms with Gasteiger partial charge in [-0.3, -0.25) is 0 Å².